The van der Waals surface area contributed by atoms with E-state index in [0.29, 0.717) is 29.1 Å². The first-order chi connectivity index (χ1) is 32.7. The summed E-state index contributed by atoms with van der Waals surface area (Å²) in [6.07, 6.45) is 0. The van der Waals surface area contributed by atoms with Gasteiger partial charge < -0.3 is 13.4 Å². The highest BCUT2D eigenvalue weighted by atomic mass is 16.3. The Balaban J connectivity index is 0.994. The molecule has 0 aliphatic heterocycles. The smallest absolute Gasteiger partial charge is 0.238 e. The Morgan fingerprint density at radius 3 is 1.61 bits per heavy atom. The summed E-state index contributed by atoms with van der Waals surface area (Å²) in [4.78, 5) is 20.7. The molecule has 66 heavy (non-hydrogen) atoms. The molecule has 308 valence electrons. The molecule has 0 saturated heterocycles. The summed E-state index contributed by atoms with van der Waals surface area (Å²) in [6, 6.07) is 70.8. The van der Waals surface area contributed by atoms with Gasteiger partial charge in [0.15, 0.2) is 17.2 Å². The van der Waals surface area contributed by atoms with Gasteiger partial charge in [-0.15, -0.1) is 0 Å². The van der Waals surface area contributed by atoms with E-state index in [-0.39, 0.29) is 0 Å². The molecule has 0 bridgehead atoms. The van der Waals surface area contributed by atoms with Gasteiger partial charge in [-0.2, -0.15) is 9.97 Å². The normalized spacial score (nSPS) is 11.9. The third kappa shape index (κ3) is 5.45. The molecular weight excluding hydrogens is 813 g/mol. The van der Waals surface area contributed by atoms with E-state index in [1.165, 1.54) is 0 Å². The maximum atomic E-state index is 6.90. The molecule has 0 unspecified atom stereocenters. The van der Waals surface area contributed by atoms with Crippen molar-refractivity contribution < 1.29 is 8.83 Å². The van der Waals surface area contributed by atoms with E-state index in [2.05, 4.69) is 124 Å². The first-order valence-electron chi connectivity index (χ1n) is 22.0. The van der Waals surface area contributed by atoms with Crippen LogP contribution in [-0.4, -0.2) is 29.1 Å². The van der Waals surface area contributed by atoms with Crippen molar-refractivity contribution in [3.05, 3.63) is 206 Å². The fraction of sp³-hybridized carbons (Fsp3) is 0. The number of aromatic nitrogens is 6. The van der Waals surface area contributed by atoms with Crippen LogP contribution in [0.1, 0.15) is 0 Å². The summed E-state index contributed by atoms with van der Waals surface area (Å²) in [6.45, 7) is 0. The Labute approximate surface area is 376 Å². The number of rotatable bonds is 6. The van der Waals surface area contributed by atoms with Crippen molar-refractivity contribution in [1.82, 2.24) is 29.1 Å². The van der Waals surface area contributed by atoms with Crippen LogP contribution < -0.4 is 0 Å². The lowest BCUT2D eigenvalue weighted by atomic mass is 9.98. The summed E-state index contributed by atoms with van der Waals surface area (Å²) in [5.74, 6) is 2.26. The zero-order valence-corrected chi connectivity index (χ0v) is 35.1. The Hall–Kier alpha value is -9.14. The summed E-state index contributed by atoms with van der Waals surface area (Å²) in [5, 5.41) is 6.59. The highest BCUT2D eigenvalue weighted by Crippen LogP contribution is 2.43. The minimum absolute atomic E-state index is 0.527. The number of hydrogen-bond donors (Lipinski definition) is 0. The predicted octanol–water partition coefficient (Wildman–Crippen LogP) is 14.8. The predicted molar refractivity (Wildman–Crippen MR) is 265 cm³/mol. The number of benzene rings is 9. The van der Waals surface area contributed by atoms with Crippen molar-refractivity contribution in [2.45, 2.75) is 0 Å². The van der Waals surface area contributed by atoms with Gasteiger partial charge in [-0.3, -0.25) is 4.57 Å². The summed E-state index contributed by atoms with van der Waals surface area (Å²) >= 11 is 0. The second-order valence-corrected chi connectivity index (χ2v) is 16.6. The lowest BCUT2D eigenvalue weighted by molar-refractivity contribution is 0.618. The van der Waals surface area contributed by atoms with Crippen molar-refractivity contribution in [2.75, 3.05) is 0 Å². The zero-order chi connectivity index (χ0) is 43.3. The van der Waals surface area contributed by atoms with Crippen LogP contribution in [0, 0.1) is 0 Å². The number of fused-ring (bicyclic) bond motifs is 11. The van der Waals surface area contributed by atoms with E-state index in [4.69, 9.17) is 28.8 Å². The molecule has 0 saturated carbocycles. The quantitative estimate of drug-likeness (QED) is 0.166. The molecule has 14 rings (SSSR count). The topological polar surface area (TPSA) is 87.7 Å². The van der Waals surface area contributed by atoms with Crippen molar-refractivity contribution in [3.63, 3.8) is 0 Å². The van der Waals surface area contributed by atoms with Crippen LogP contribution in [0.25, 0.3) is 134 Å². The van der Waals surface area contributed by atoms with Crippen molar-refractivity contribution in [2.24, 2.45) is 0 Å². The van der Waals surface area contributed by atoms with Crippen LogP contribution in [0.15, 0.2) is 215 Å². The van der Waals surface area contributed by atoms with Crippen LogP contribution in [-0.2, 0) is 0 Å². The van der Waals surface area contributed by atoms with Gasteiger partial charge in [0.05, 0.1) is 27.8 Å². The van der Waals surface area contributed by atoms with Crippen molar-refractivity contribution in [3.8, 4) is 57.0 Å². The maximum absolute atomic E-state index is 6.90. The van der Waals surface area contributed by atoms with Gasteiger partial charge in [0.2, 0.25) is 11.8 Å². The number of hydrogen-bond acceptors (Lipinski definition) is 6. The van der Waals surface area contributed by atoms with Crippen LogP contribution in [0.3, 0.4) is 0 Å². The fourth-order valence-electron chi connectivity index (χ4n) is 9.90. The van der Waals surface area contributed by atoms with Crippen LogP contribution in [0.5, 0.6) is 0 Å². The minimum Gasteiger partial charge on any atom is -0.456 e. The van der Waals surface area contributed by atoms with E-state index in [9.17, 15) is 0 Å². The van der Waals surface area contributed by atoms with Gasteiger partial charge in [0.25, 0.3) is 0 Å². The Bertz CT molecular complexity index is 4160. The molecule has 0 atom stereocenters. The highest BCUT2D eigenvalue weighted by molar-refractivity contribution is 6.24. The van der Waals surface area contributed by atoms with E-state index >= 15 is 0 Å². The van der Waals surface area contributed by atoms with E-state index in [1.807, 2.05) is 91.0 Å². The molecule has 0 radical (unpaired) electrons. The van der Waals surface area contributed by atoms with E-state index in [1.54, 1.807) is 0 Å². The SMILES string of the molecule is c1ccc(-c2nc(-c3ccccc3)nc(-n3c4ccccc4c4ccc5c6ccccc6n(-c6cccc7nc(-c8ccc(-c9cccc%10oc%11ccccc%11c9%10)cc8)oc67)c5c43)n2)cc1. The molecule has 9 aromatic carbocycles. The second-order valence-electron chi connectivity index (χ2n) is 16.6. The standard InChI is InChI=1S/C58H34N6O2/c1-3-15-36(16-4-1)55-60-56(37-17-5-2-6-18-37)62-58(61-55)64-47-25-11-8-20-41(47)43-34-33-42-40-19-7-10-24-46(40)63(52(42)53(43)64)48-26-14-23-45-54(48)66-57(59-45)38-31-29-35(30-32-38)39-22-13-28-50-51(39)44-21-9-12-27-49(44)65-50/h1-34H. The number of oxazole rings is 1. The average Bonchev–Trinajstić information content (AvgIpc) is 4.16. The van der Waals surface area contributed by atoms with Crippen LogP contribution in [0.2, 0.25) is 0 Å². The van der Waals surface area contributed by atoms with Crippen molar-refractivity contribution in [1.29, 1.82) is 0 Å². The molecule has 0 fully saturated rings. The summed E-state index contributed by atoms with van der Waals surface area (Å²) < 4.78 is 17.6. The number of nitrogens with zero attached hydrogens (tertiary/aromatic N) is 6. The molecule has 0 N–H and O–H groups in total. The van der Waals surface area contributed by atoms with Gasteiger partial charge in [0, 0.05) is 49.0 Å². The summed E-state index contributed by atoms with van der Waals surface area (Å²) in [5.41, 5.74) is 13.0. The molecule has 0 aliphatic carbocycles. The van der Waals surface area contributed by atoms with Gasteiger partial charge in [-0.1, -0.05) is 158 Å². The zero-order valence-electron chi connectivity index (χ0n) is 35.1. The largest absolute Gasteiger partial charge is 0.456 e. The molecule has 8 nitrogen and oxygen atoms in total. The van der Waals surface area contributed by atoms with Gasteiger partial charge in [-0.25, -0.2) is 9.97 Å². The molecule has 0 amide bonds. The average molecular weight is 847 g/mol. The molecular formula is C58H34N6O2. The number of para-hydroxylation sites is 4. The fourth-order valence-corrected chi connectivity index (χ4v) is 9.90. The van der Waals surface area contributed by atoms with E-state index in [0.717, 1.165) is 105 Å². The molecule has 5 heterocycles. The first-order valence-corrected chi connectivity index (χ1v) is 22.0. The summed E-state index contributed by atoms with van der Waals surface area (Å²) in [7, 11) is 0. The van der Waals surface area contributed by atoms with Gasteiger partial charge >= 0.3 is 0 Å². The lowest BCUT2D eigenvalue weighted by Crippen LogP contribution is -2.07. The third-order valence-electron chi connectivity index (χ3n) is 12.8. The Kier molecular flexibility index (Phi) is 7.81. The monoisotopic (exact) mass is 846 g/mol. The molecule has 14 aromatic rings. The number of furan rings is 1. The van der Waals surface area contributed by atoms with Crippen LogP contribution >= 0.6 is 0 Å². The molecule has 8 heteroatoms. The molecule has 0 spiro atoms. The molecule has 5 aromatic heterocycles. The lowest BCUT2D eigenvalue weighted by Gasteiger charge is -2.13. The van der Waals surface area contributed by atoms with Gasteiger partial charge in [-0.05, 0) is 59.7 Å². The Morgan fingerprint density at radius 2 is 0.909 bits per heavy atom. The van der Waals surface area contributed by atoms with Crippen LogP contribution in [0.4, 0.5) is 0 Å². The van der Waals surface area contributed by atoms with E-state index < -0.39 is 0 Å². The van der Waals surface area contributed by atoms with Gasteiger partial charge in [0.1, 0.15) is 16.7 Å². The molecule has 0 aliphatic rings. The minimum atomic E-state index is 0.527. The Morgan fingerprint density at radius 1 is 0.348 bits per heavy atom. The highest BCUT2D eigenvalue weighted by Gasteiger charge is 2.25. The first kappa shape index (κ1) is 36.4. The van der Waals surface area contributed by atoms with Crippen molar-refractivity contribution >= 4 is 76.6 Å². The maximum Gasteiger partial charge on any atom is 0.238 e. The third-order valence-corrected chi connectivity index (χ3v) is 12.8. The second kappa shape index (κ2) is 14.2.